The Morgan fingerprint density at radius 2 is 2.23 bits per heavy atom. The molecule has 13 heavy (non-hydrogen) atoms. The molecule has 3 nitrogen and oxygen atoms in total. The second kappa shape index (κ2) is 2.35. The third kappa shape index (κ3) is 1.03. The quantitative estimate of drug-likeness (QED) is 0.737. The minimum absolute atomic E-state index is 0.147. The van der Waals surface area contributed by atoms with Crippen molar-refractivity contribution in [3.63, 3.8) is 0 Å². The molecule has 1 unspecified atom stereocenters. The van der Waals surface area contributed by atoms with Crippen molar-refractivity contribution >= 4 is 0 Å². The summed E-state index contributed by atoms with van der Waals surface area (Å²) in [5.41, 5.74) is 7.47. The maximum atomic E-state index is 5.84. The zero-order valence-electron chi connectivity index (χ0n) is 8.54. The van der Waals surface area contributed by atoms with Crippen LogP contribution in [-0.4, -0.2) is 16.3 Å². The van der Waals surface area contributed by atoms with Crippen molar-refractivity contribution in [1.29, 1.82) is 0 Å². The summed E-state index contributed by atoms with van der Waals surface area (Å²) in [4.78, 5) is 0. The van der Waals surface area contributed by atoms with Crippen LogP contribution in [0.25, 0.3) is 0 Å². The van der Waals surface area contributed by atoms with E-state index in [0.717, 1.165) is 12.1 Å². The average Bonchev–Trinajstić information content (AvgIpc) is 2.43. The first-order valence-corrected chi connectivity index (χ1v) is 4.72. The lowest BCUT2D eigenvalue weighted by Gasteiger charge is -2.15. The van der Waals surface area contributed by atoms with Crippen LogP contribution < -0.4 is 5.73 Å². The van der Waals surface area contributed by atoms with Crippen LogP contribution in [0.5, 0.6) is 0 Å². The fourth-order valence-corrected chi connectivity index (χ4v) is 2.27. The molecule has 1 aromatic rings. The summed E-state index contributed by atoms with van der Waals surface area (Å²) in [5.74, 6) is 0. The highest BCUT2D eigenvalue weighted by molar-refractivity contribution is 5.31. The van der Waals surface area contributed by atoms with Crippen LogP contribution in [0.15, 0.2) is 12.3 Å². The highest BCUT2D eigenvalue weighted by Gasteiger charge is 2.62. The van der Waals surface area contributed by atoms with Gasteiger partial charge in [0.05, 0.1) is 5.69 Å². The molecule has 1 atom stereocenters. The first-order chi connectivity index (χ1) is 6.02. The molecule has 0 spiro atoms. The Hall–Kier alpha value is -0.830. The number of nitrogens with zero attached hydrogens (tertiary/aromatic N) is 2. The molecule has 1 fully saturated rings. The molecular weight excluding hydrogens is 162 g/mol. The van der Waals surface area contributed by atoms with Crippen LogP contribution in [0.4, 0.5) is 0 Å². The van der Waals surface area contributed by atoms with Gasteiger partial charge in [-0.1, -0.05) is 13.8 Å². The van der Waals surface area contributed by atoms with Crippen LogP contribution in [0.1, 0.15) is 26.0 Å². The smallest absolute Gasteiger partial charge is 0.0704 e. The normalized spacial score (nSPS) is 30.5. The monoisotopic (exact) mass is 179 g/mol. The SMILES string of the molecule is Cn1ccc(C2(CN)CC2(C)C)n1. The highest BCUT2D eigenvalue weighted by atomic mass is 15.3. The van der Waals surface area contributed by atoms with E-state index in [1.807, 2.05) is 17.9 Å². The molecule has 0 saturated heterocycles. The molecule has 1 aliphatic carbocycles. The average molecular weight is 179 g/mol. The Bertz CT molecular complexity index is 327. The molecule has 0 radical (unpaired) electrons. The van der Waals surface area contributed by atoms with Gasteiger partial charge < -0.3 is 5.73 Å². The Balaban J connectivity index is 2.35. The molecule has 2 rings (SSSR count). The summed E-state index contributed by atoms with van der Waals surface area (Å²) in [6.45, 7) is 5.22. The Morgan fingerprint density at radius 1 is 1.62 bits per heavy atom. The van der Waals surface area contributed by atoms with Crippen molar-refractivity contribution in [2.45, 2.75) is 25.7 Å². The van der Waals surface area contributed by atoms with Gasteiger partial charge in [0.25, 0.3) is 0 Å². The predicted molar refractivity (Wildman–Crippen MR) is 52.3 cm³/mol. The third-order valence-electron chi connectivity index (χ3n) is 3.47. The standard InChI is InChI=1S/C10H17N3/c1-9(2)6-10(9,7-11)8-4-5-13(3)12-8/h4-5H,6-7,11H2,1-3H3. The number of nitrogens with two attached hydrogens (primary N) is 1. The van der Waals surface area contributed by atoms with Crippen LogP contribution in [0, 0.1) is 5.41 Å². The fraction of sp³-hybridized carbons (Fsp3) is 0.700. The lowest BCUT2D eigenvalue weighted by molar-refractivity contribution is 0.487. The molecule has 0 aliphatic heterocycles. The van der Waals surface area contributed by atoms with Crippen molar-refractivity contribution in [3.05, 3.63) is 18.0 Å². The van der Waals surface area contributed by atoms with Crippen molar-refractivity contribution in [2.75, 3.05) is 6.54 Å². The lowest BCUT2D eigenvalue weighted by atomic mass is 9.93. The van der Waals surface area contributed by atoms with Gasteiger partial charge in [-0.2, -0.15) is 5.10 Å². The van der Waals surface area contributed by atoms with Crippen molar-refractivity contribution < 1.29 is 0 Å². The number of rotatable bonds is 2. The van der Waals surface area contributed by atoms with Crippen LogP contribution in [0.2, 0.25) is 0 Å². The van der Waals surface area contributed by atoms with Crippen molar-refractivity contribution in [2.24, 2.45) is 18.2 Å². The molecule has 1 aromatic heterocycles. The largest absolute Gasteiger partial charge is 0.330 e. The summed E-state index contributed by atoms with van der Waals surface area (Å²) in [6, 6.07) is 2.08. The zero-order chi connectivity index (χ0) is 9.69. The van der Waals surface area contributed by atoms with Gasteiger partial charge in [-0.05, 0) is 17.9 Å². The number of aryl methyl sites for hydroxylation is 1. The first-order valence-electron chi connectivity index (χ1n) is 4.72. The Kier molecular flexibility index (Phi) is 1.58. The summed E-state index contributed by atoms with van der Waals surface area (Å²) in [5, 5.41) is 4.45. The van der Waals surface area contributed by atoms with E-state index in [4.69, 9.17) is 5.73 Å². The van der Waals surface area contributed by atoms with E-state index < -0.39 is 0 Å². The van der Waals surface area contributed by atoms with Gasteiger partial charge in [-0.3, -0.25) is 4.68 Å². The van der Waals surface area contributed by atoms with E-state index >= 15 is 0 Å². The van der Waals surface area contributed by atoms with E-state index in [-0.39, 0.29) is 5.41 Å². The molecule has 0 bridgehead atoms. The van der Waals surface area contributed by atoms with E-state index in [0.29, 0.717) is 12.0 Å². The second-order valence-corrected chi connectivity index (χ2v) is 4.72. The minimum atomic E-state index is 0.147. The second-order valence-electron chi connectivity index (χ2n) is 4.72. The van der Waals surface area contributed by atoms with Gasteiger partial charge >= 0.3 is 0 Å². The molecule has 0 amide bonds. The van der Waals surface area contributed by atoms with Gasteiger partial charge in [0, 0.05) is 25.2 Å². The molecule has 1 saturated carbocycles. The number of aromatic nitrogens is 2. The van der Waals surface area contributed by atoms with Crippen molar-refractivity contribution in [1.82, 2.24) is 9.78 Å². The lowest BCUT2D eigenvalue weighted by Crippen LogP contribution is -2.26. The number of hydrogen-bond donors (Lipinski definition) is 1. The van der Waals surface area contributed by atoms with Gasteiger partial charge in [0.1, 0.15) is 0 Å². The summed E-state index contributed by atoms with van der Waals surface area (Å²) in [7, 11) is 1.95. The van der Waals surface area contributed by atoms with Crippen LogP contribution in [0.3, 0.4) is 0 Å². The molecule has 1 aliphatic rings. The van der Waals surface area contributed by atoms with E-state index in [1.165, 1.54) is 0 Å². The molecule has 2 N–H and O–H groups in total. The summed E-state index contributed by atoms with van der Waals surface area (Å²) in [6.07, 6.45) is 3.15. The predicted octanol–water partition coefficient (Wildman–Crippen LogP) is 1.05. The minimum Gasteiger partial charge on any atom is -0.330 e. The Morgan fingerprint density at radius 3 is 2.54 bits per heavy atom. The van der Waals surface area contributed by atoms with Crippen LogP contribution >= 0.6 is 0 Å². The molecular formula is C10H17N3. The topological polar surface area (TPSA) is 43.8 Å². The molecule has 3 heteroatoms. The first kappa shape index (κ1) is 8.75. The maximum Gasteiger partial charge on any atom is 0.0704 e. The summed E-state index contributed by atoms with van der Waals surface area (Å²) >= 11 is 0. The fourth-order valence-electron chi connectivity index (χ4n) is 2.27. The van der Waals surface area contributed by atoms with Gasteiger partial charge in [-0.15, -0.1) is 0 Å². The molecule has 0 aromatic carbocycles. The van der Waals surface area contributed by atoms with E-state index in [9.17, 15) is 0 Å². The van der Waals surface area contributed by atoms with Crippen molar-refractivity contribution in [3.8, 4) is 0 Å². The van der Waals surface area contributed by atoms with Gasteiger partial charge in [0.15, 0.2) is 0 Å². The van der Waals surface area contributed by atoms with Gasteiger partial charge in [-0.25, -0.2) is 0 Å². The third-order valence-corrected chi connectivity index (χ3v) is 3.47. The van der Waals surface area contributed by atoms with E-state index in [1.54, 1.807) is 0 Å². The Labute approximate surface area is 78.9 Å². The molecule has 1 heterocycles. The van der Waals surface area contributed by atoms with Crippen LogP contribution in [-0.2, 0) is 12.5 Å². The highest BCUT2D eigenvalue weighted by Crippen LogP contribution is 2.63. The summed E-state index contributed by atoms with van der Waals surface area (Å²) < 4.78 is 1.85. The van der Waals surface area contributed by atoms with Gasteiger partial charge in [0.2, 0.25) is 0 Å². The number of hydrogen-bond acceptors (Lipinski definition) is 2. The van der Waals surface area contributed by atoms with E-state index in [2.05, 4.69) is 25.0 Å². The zero-order valence-corrected chi connectivity index (χ0v) is 8.54. The molecule has 72 valence electrons. The maximum absolute atomic E-state index is 5.84.